The van der Waals surface area contributed by atoms with E-state index in [2.05, 4.69) is 13.0 Å². The molecule has 2 nitrogen and oxygen atoms in total. The van der Waals surface area contributed by atoms with Crippen molar-refractivity contribution in [3.63, 3.8) is 0 Å². The second-order valence-electron chi connectivity index (χ2n) is 8.00. The van der Waals surface area contributed by atoms with Crippen LogP contribution in [0.1, 0.15) is 46.6 Å². The van der Waals surface area contributed by atoms with Gasteiger partial charge in [-0.3, -0.25) is 0 Å². The lowest BCUT2D eigenvalue weighted by atomic mass is 9.65. The van der Waals surface area contributed by atoms with Crippen LogP contribution in [-0.2, 0) is 12.8 Å². The first kappa shape index (κ1) is 18.5. The summed E-state index contributed by atoms with van der Waals surface area (Å²) in [5, 5.41) is 20.0. The van der Waals surface area contributed by atoms with Crippen LogP contribution in [0.25, 0.3) is 0 Å². The summed E-state index contributed by atoms with van der Waals surface area (Å²) in [6.07, 6.45) is 1.46. The second kappa shape index (κ2) is 7.31. The molecule has 4 rings (SSSR count). The molecule has 0 saturated heterocycles. The third-order valence-electron chi connectivity index (χ3n) is 6.28. The van der Waals surface area contributed by atoms with Crippen LogP contribution in [0.2, 0.25) is 0 Å². The lowest BCUT2D eigenvalue weighted by Crippen LogP contribution is -2.28. The van der Waals surface area contributed by atoms with Gasteiger partial charge in [-0.1, -0.05) is 43.3 Å². The zero-order chi connectivity index (χ0) is 19.8. The van der Waals surface area contributed by atoms with E-state index in [1.54, 1.807) is 18.2 Å². The summed E-state index contributed by atoms with van der Waals surface area (Å²) >= 11 is 0. The van der Waals surface area contributed by atoms with Crippen LogP contribution in [0.3, 0.4) is 0 Å². The predicted octanol–water partition coefficient (Wildman–Crippen LogP) is 5.85. The first-order valence-corrected chi connectivity index (χ1v) is 9.78. The minimum atomic E-state index is -0.181. The van der Waals surface area contributed by atoms with Crippen LogP contribution in [0.15, 0.2) is 60.7 Å². The summed E-state index contributed by atoms with van der Waals surface area (Å²) in [4.78, 5) is 0. The normalized spacial score (nSPS) is 21.3. The monoisotopic (exact) mass is 376 g/mol. The quantitative estimate of drug-likeness (QED) is 0.602. The fraction of sp³-hybridized carbons (Fsp3) is 0.280. The predicted molar refractivity (Wildman–Crippen MR) is 109 cm³/mol. The standard InChI is InChI=1S/C25H25FO2/c1-15-11-17(8-10-25(15)28)21-12-18-7-9-20(27)14-23(18)22(16(21)2)13-19-5-3-4-6-24(19)26/h3-11,14,16,21-22,27-28H,12-13H2,1-2H3. The van der Waals surface area contributed by atoms with Crippen LogP contribution in [0.5, 0.6) is 11.5 Å². The van der Waals surface area contributed by atoms with Gasteiger partial charge in [-0.15, -0.1) is 0 Å². The van der Waals surface area contributed by atoms with Gasteiger partial charge >= 0.3 is 0 Å². The minimum absolute atomic E-state index is 0.104. The number of aromatic hydroxyl groups is 2. The maximum Gasteiger partial charge on any atom is 0.126 e. The Morgan fingerprint density at radius 1 is 1.00 bits per heavy atom. The van der Waals surface area contributed by atoms with Gasteiger partial charge in [0.05, 0.1) is 0 Å². The van der Waals surface area contributed by atoms with Gasteiger partial charge in [0.2, 0.25) is 0 Å². The summed E-state index contributed by atoms with van der Waals surface area (Å²) in [6.45, 7) is 4.13. The molecule has 0 bridgehead atoms. The highest BCUT2D eigenvalue weighted by molar-refractivity contribution is 5.45. The number of phenols is 2. The highest BCUT2D eigenvalue weighted by atomic mass is 19.1. The molecule has 1 aliphatic carbocycles. The van der Waals surface area contributed by atoms with Crippen LogP contribution < -0.4 is 0 Å². The molecule has 0 aliphatic heterocycles. The van der Waals surface area contributed by atoms with Crippen molar-refractivity contribution in [2.75, 3.05) is 0 Å². The first-order valence-electron chi connectivity index (χ1n) is 9.78. The lowest BCUT2D eigenvalue weighted by molar-refractivity contribution is 0.344. The Balaban J connectivity index is 1.77. The maximum atomic E-state index is 14.4. The Kier molecular flexibility index (Phi) is 4.84. The molecule has 0 aromatic heterocycles. The van der Waals surface area contributed by atoms with Gasteiger partial charge in [0, 0.05) is 0 Å². The molecule has 1 aliphatic rings. The maximum absolute atomic E-state index is 14.4. The molecule has 0 heterocycles. The van der Waals surface area contributed by atoms with Crippen molar-refractivity contribution < 1.29 is 14.6 Å². The molecule has 0 radical (unpaired) electrons. The van der Waals surface area contributed by atoms with E-state index in [1.807, 2.05) is 37.3 Å². The zero-order valence-corrected chi connectivity index (χ0v) is 16.2. The highest BCUT2D eigenvalue weighted by Gasteiger charge is 2.35. The summed E-state index contributed by atoms with van der Waals surface area (Å²) in [6, 6.07) is 18.3. The first-order chi connectivity index (χ1) is 13.4. The number of fused-ring (bicyclic) bond motifs is 1. The molecule has 2 N–H and O–H groups in total. The fourth-order valence-corrected chi connectivity index (χ4v) is 4.63. The number of hydrogen-bond acceptors (Lipinski definition) is 2. The molecule has 28 heavy (non-hydrogen) atoms. The molecule has 0 fully saturated rings. The van der Waals surface area contributed by atoms with Crippen molar-refractivity contribution in [3.8, 4) is 11.5 Å². The van der Waals surface area contributed by atoms with Crippen LogP contribution in [-0.4, -0.2) is 10.2 Å². The van der Waals surface area contributed by atoms with E-state index < -0.39 is 0 Å². The van der Waals surface area contributed by atoms with Crippen molar-refractivity contribution in [2.45, 2.75) is 38.5 Å². The average Bonchev–Trinajstić information content (AvgIpc) is 2.68. The van der Waals surface area contributed by atoms with Gasteiger partial charge in [-0.2, -0.15) is 0 Å². The lowest BCUT2D eigenvalue weighted by Gasteiger charge is -2.38. The second-order valence-corrected chi connectivity index (χ2v) is 8.00. The molecular weight excluding hydrogens is 351 g/mol. The van der Waals surface area contributed by atoms with Crippen molar-refractivity contribution in [1.82, 2.24) is 0 Å². The van der Waals surface area contributed by atoms with E-state index in [-0.39, 0.29) is 29.3 Å². The smallest absolute Gasteiger partial charge is 0.126 e. The van der Waals surface area contributed by atoms with Crippen molar-refractivity contribution in [1.29, 1.82) is 0 Å². The van der Waals surface area contributed by atoms with Crippen LogP contribution >= 0.6 is 0 Å². The third kappa shape index (κ3) is 3.37. The molecule has 0 spiro atoms. The summed E-state index contributed by atoms with van der Waals surface area (Å²) < 4.78 is 14.4. The third-order valence-corrected chi connectivity index (χ3v) is 6.28. The largest absolute Gasteiger partial charge is 0.508 e. The summed E-state index contributed by atoms with van der Waals surface area (Å²) in [5.74, 6) is 1.01. The van der Waals surface area contributed by atoms with Gasteiger partial charge in [0.1, 0.15) is 17.3 Å². The molecule has 144 valence electrons. The number of halogens is 1. The van der Waals surface area contributed by atoms with Crippen LogP contribution in [0, 0.1) is 18.7 Å². The minimum Gasteiger partial charge on any atom is -0.508 e. The average molecular weight is 376 g/mol. The Labute approximate surface area is 165 Å². The number of rotatable bonds is 3. The molecule has 3 heteroatoms. The summed E-state index contributed by atoms with van der Waals surface area (Å²) in [5.41, 5.74) is 5.08. The zero-order valence-electron chi connectivity index (χ0n) is 16.2. The van der Waals surface area contributed by atoms with E-state index >= 15 is 0 Å². The van der Waals surface area contributed by atoms with Gasteiger partial charge in [-0.25, -0.2) is 4.39 Å². The van der Waals surface area contributed by atoms with E-state index in [9.17, 15) is 14.6 Å². The number of hydrogen-bond donors (Lipinski definition) is 2. The Morgan fingerprint density at radius 2 is 1.79 bits per heavy atom. The number of aryl methyl sites for hydroxylation is 1. The van der Waals surface area contributed by atoms with E-state index in [4.69, 9.17) is 0 Å². The van der Waals surface area contributed by atoms with Gasteiger partial charge in [-0.05, 0) is 89.6 Å². The Bertz CT molecular complexity index is 1010. The van der Waals surface area contributed by atoms with E-state index in [0.29, 0.717) is 17.7 Å². The molecule has 0 saturated carbocycles. The van der Waals surface area contributed by atoms with E-state index in [0.717, 1.165) is 17.5 Å². The molecule has 0 amide bonds. The number of benzene rings is 3. The molecular formula is C25H25FO2. The topological polar surface area (TPSA) is 40.5 Å². The summed E-state index contributed by atoms with van der Waals surface area (Å²) in [7, 11) is 0. The Hall–Kier alpha value is -2.81. The van der Waals surface area contributed by atoms with Gasteiger partial charge in [0.25, 0.3) is 0 Å². The molecule has 3 unspecified atom stereocenters. The van der Waals surface area contributed by atoms with Crippen molar-refractivity contribution >= 4 is 0 Å². The molecule has 3 aromatic carbocycles. The van der Waals surface area contributed by atoms with Crippen LogP contribution in [0.4, 0.5) is 4.39 Å². The molecule has 3 aromatic rings. The van der Waals surface area contributed by atoms with Gasteiger partial charge in [0.15, 0.2) is 0 Å². The van der Waals surface area contributed by atoms with Crippen molar-refractivity contribution in [3.05, 3.63) is 94.3 Å². The Morgan fingerprint density at radius 3 is 2.54 bits per heavy atom. The highest BCUT2D eigenvalue weighted by Crippen LogP contribution is 2.47. The fourth-order valence-electron chi connectivity index (χ4n) is 4.63. The van der Waals surface area contributed by atoms with E-state index in [1.165, 1.54) is 17.2 Å². The van der Waals surface area contributed by atoms with Gasteiger partial charge < -0.3 is 10.2 Å². The SMILES string of the molecule is Cc1cc(C2Cc3ccc(O)cc3C(Cc3ccccc3F)C2C)ccc1O. The van der Waals surface area contributed by atoms with Crippen molar-refractivity contribution in [2.24, 2.45) is 5.92 Å². The number of phenolic OH excluding ortho intramolecular Hbond substituents is 2. The molecule has 3 atom stereocenters.